The molecule has 0 unspecified atom stereocenters. The van der Waals surface area contributed by atoms with Crippen LogP contribution in [0, 0.1) is 13.8 Å². The molecule has 2 heterocycles. The molecule has 2 rings (SSSR count). The van der Waals surface area contributed by atoms with Crippen molar-refractivity contribution < 1.29 is 4.42 Å². The van der Waals surface area contributed by atoms with Crippen LogP contribution in [0.4, 0.5) is 0 Å². The standard InChI is InChI=1S/C13H17N3O2/c1-10-7-13(17)16(11(2)15-10)5-4-14-8-12-3-6-18-9-12/h3,6-7,9,14H,4-5,8H2,1-2H3. The second kappa shape index (κ2) is 5.64. The van der Waals surface area contributed by atoms with Gasteiger partial charge in [-0.1, -0.05) is 0 Å². The fraction of sp³-hybridized carbons (Fsp3) is 0.385. The van der Waals surface area contributed by atoms with Crippen molar-refractivity contribution in [1.82, 2.24) is 14.9 Å². The monoisotopic (exact) mass is 247 g/mol. The van der Waals surface area contributed by atoms with Crippen molar-refractivity contribution in [2.75, 3.05) is 6.54 Å². The zero-order valence-electron chi connectivity index (χ0n) is 10.6. The molecule has 0 aliphatic heterocycles. The van der Waals surface area contributed by atoms with Gasteiger partial charge in [0.1, 0.15) is 5.82 Å². The minimum Gasteiger partial charge on any atom is -0.472 e. The van der Waals surface area contributed by atoms with Gasteiger partial charge in [0.2, 0.25) is 0 Å². The lowest BCUT2D eigenvalue weighted by atomic mass is 10.3. The lowest BCUT2D eigenvalue weighted by molar-refractivity contribution is 0.548. The van der Waals surface area contributed by atoms with E-state index in [1.54, 1.807) is 23.2 Å². The Hall–Kier alpha value is -1.88. The topological polar surface area (TPSA) is 60.1 Å². The fourth-order valence-corrected chi connectivity index (χ4v) is 1.85. The molecule has 0 fully saturated rings. The van der Waals surface area contributed by atoms with E-state index in [0.717, 1.165) is 30.2 Å². The van der Waals surface area contributed by atoms with E-state index in [1.165, 1.54) is 0 Å². The van der Waals surface area contributed by atoms with Gasteiger partial charge in [-0.15, -0.1) is 0 Å². The molecular weight excluding hydrogens is 230 g/mol. The quantitative estimate of drug-likeness (QED) is 0.808. The van der Waals surface area contributed by atoms with E-state index in [2.05, 4.69) is 10.3 Å². The second-order valence-electron chi connectivity index (χ2n) is 4.24. The Kier molecular flexibility index (Phi) is 3.94. The van der Waals surface area contributed by atoms with E-state index in [0.29, 0.717) is 6.54 Å². The molecule has 5 nitrogen and oxygen atoms in total. The van der Waals surface area contributed by atoms with Gasteiger partial charge < -0.3 is 9.73 Å². The van der Waals surface area contributed by atoms with E-state index in [-0.39, 0.29) is 5.56 Å². The summed E-state index contributed by atoms with van der Waals surface area (Å²) in [5.74, 6) is 0.755. The number of nitrogens with one attached hydrogen (secondary N) is 1. The summed E-state index contributed by atoms with van der Waals surface area (Å²) in [6.07, 6.45) is 3.35. The number of hydrogen-bond acceptors (Lipinski definition) is 4. The highest BCUT2D eigenvalue weighted by molar-refractivity contribution is 5.04. The molecule has 5 heteroatoms. The number of furan rings is 1. The number of hydrogen-bond donors (Lipinski definition) is 1. The van der Waals surface area contributed by atoms with Gasteiger partial charge in [-0.05, 0) is 19.9 Å². The zero-order valence-corrected chi connectivity index (χ0v) is 10.6. The minimum absolute atomic E-state index is 0.00473. The highest BCUT2D eigenvalue weighted by Crippen LogP contribution is 1.98. The molecule has 1 N–H and O–H groups in total. The van der Waals surface area contributed by atoms with Crippen LogP contribution in [-0.4, -0.2) is 16.1 Å². The molecule has 0 aliphatic carbocycles. The summed E-state index contributed by atoms with van der Waals surface area (Å²) < 4.78 is 6.65. The van der Waals surface area contributed by atoms with Crippen LogP contribution in [0.25, 0.3) is 0 Å². The maximum absolute atomic E-state index is 11.8. The van der Waals surface area contributed by atoms with E-state index in [9.17, 15) is 4.79 Å². The summed E-state index contributed by atoms with van der Waals surface area (Å²) in [5.41, 5.74) is 1.87. The van der Waals surface area contributed by atoms with Crippen LogP contribution in [0.15, 0.2) is 33.9 Å². The molecule has 0 bridgehead atoms. The van der Waals surface area contributed by atoms with Crippen LogP contribution in [0.3, 0.4) is 0 Å². The largest absolute Gasteiger partial charge is 0.472 e. The van der Waals surface area contributed by atoms with Crippen molar-refractivity contribution in [3.05, 3.63) is 52.1 Å². The van der Waals surface area contributed by atoms with Crippen LogP contribution in [0.2, 0.25) is 0 Å². The third-order valence-corrected chi connectivity index (χ3v) is 2.75. The molecule has 0 radical (unpaired) electrons. The summed E-state index contributed by atoms with van der Waals surface area (Å²) >= 11 is 0. The molecule has 2 aromatic rings. The average molecular weight is 247 g/mol. The van der Waals surface area contributed by atoms with Gasteiger partial charge in [-0.2, -0.15) is 0 Å². The normalized spacial score (nSPS) is 10.8. The molecule has 0 amide bonds. The summed E-state index contributed by atoms with van der Waals surface area (Å²) in [5, 5.41) is 3.26. The van der Waals surface area contributed by atoms with Gasteiger partial charge in [-0.3, -0.25) is 9.36 Å². The number of nitrogens with zero attached hydrogens (tertiary/aromatic N) is 2. The third kappa shape index (κ3) is 3.07. The Labute approximate surface area is 105 Å². The summed E-state index contributed by atoms with van der Waals surface area (Å²) in [6, 6.07) is 3.47. The molecule has 18 heavy (non-hydrogen) atoms. The smallest absolute Gasteiger partial charge is 0.253 e. The molecule has 0 aromatic carbocycles. The number of aryl methyl sites for hydroxylation is 2. The zero-order chi connectivity index (χ0) is 13.0. The lowest BCUT2D eigenvalue weighted by Gasteiger charge is -2.09. The lowest BCUT2D eigenvalue weighted by Crippen LogP contribution is -2.29. The Morgan fingerprint density at radius 3 is 2.94 bits per heavy atom. The molecule has 96 valence electrons. The van der Waals surface area contributed by atoms with Crippen LogP contribution in [0.1, 0.15) is 17.1 Å². The number of aromatic nitrogens is 2. The highest BCUT2D eigenvalue weighted by atomic mass is 16.3. The van der Waals surface area contributed by atoms with Crippen LogP contribution < -0.4 is 10.9 Å². The van der Waals surface area contributed by atoms with Crippen molar-refractivity contribution in [3.8, 4) is 0 Å². The Morgan fingerprint density at radius 2 is 2.28 bits per heavy atom. The maximum atomic E-state index is 11.8. The van der Waals surface area contributed by atoms with E-state index in [1.807, 2.05) is 19.9 Å². The van der Waals surface area contributed by atoms with Crippen molar-refractivity contribution in [2.45, 2.75) is 26.9 Å². The van der Waals surface area contributed by atoms with Crippen LogP contribution in [-0.2, 0) is 13.1 Å². The van der Waals surface area contributed by atoms with Gasteiger partial charge in [0.15, 0.2) is 0 Å². The summed E-state index contributed by atoms with van der Waals surface area (Å²) in [6.45, 7) is 5.76. The minimum atomic E-state index is 0.00473. The maximum Gasteiger partial charge on any atom is 0.253 e. The molecule has 0 saturated carbocycles. The van der Waals surface area contributed by atoms with Crippen molar-refractivity contribution in [1.29, 1.82) is 0 Å². The van der Waals surface area contributed by atoms with E-state index in [4.69, 9.17) is 4.42 Å². The van der Waals surface area contributed by atoms with Crippen LogP contribution in [0.5, 0.6) is 0 Å². The first kappa shape index (κ1) is 12.6. The first-order valence-electron chi connectivity index (χ1n) is 5.93. The molecule has 0 spiro atoms. The summed E-state index contributed by atoms with van der Waals surface area (Å²) in [7, 11) is 0. The second-order valence-corrected chi connectivity index (χ2v) is 4.24. The van der Waals surface area contributed by atoms with Crippen molar-refractivity contribution >= 4 is 0 Å². The Morgan fingerprint density at radius 1 is 1.44 bits per heavy atom. The predicted molar refractivity (Wildman–Crippen MR) is 68.4 cm³/mol. The Bertz CT molecular complexity index is 558. The van der Waals surface area contributed by atoms with Gasteiger partial charge in [0, 0.05) is 37.0 Å². The van der Waals surface area contributed by atoms with Gasteiger partial charge in [0.25, 0.3) is 5.56 Å². The SMILES string of the molecule is Cc1cc(=O)n(CCNCc2ccoc2)c(C)n1. The van der Waals surface area contributed by atoms with Crippen LogP contribution >= 0.6 is 0 Å². The van der Waals surface area contributed by atoms with E-state index < -0.39 is 0 Å². The highest BCUT2D eigenvalue weighted by Gasteiger charge is 2.02. The molecule has 2 aromatic heterocycles. The van der Waals surface area contributed by atoms with E-state index >= 15 is 0 Å². The van der Waals surface area contributed by atoms with Crippen molar-refractivity contribution in [3.63, 3.8) is 0 Å². The van der Waals surface area contributed by atoms with Gasteiger partial charge >= 0.3 is 0 Å². The van der Waals surface area contributed by atoms with Gasteiger partial charge in [0.05, 0.1) is 12.5 Å². The van der Waals surface area contributed by atoms with Gasteiger partial charge in [-0.25, -0.2) is 4.98 Å². The average Bonchev–Trinajstić information content (AvgIpc) is 2.79. The fourth-order valence-electron chi connectivity index (χ4n) is 1.85. The Balaban J connectivity index is 1.89. The summed E-state index contributed by atoms with van der Waals surface area (Å²) in [4.78, 5) is 16.0. The van der Waals surface area contributed by atoms with Crippen molar-refractivity contribution in [2.24, 2.45) is 0 Å². The first-order chi connectivity index (χ1) is 8.66. The number of rotatable bonds is 5. The molecular formula is C13H17N3O2. The molecule has 0 aliphatic rings. The third-order valence-electron chi connectivity index (χ3n) is 2.75. The predicted octanol–water partition coefficient (Wildman–Crippen LogP) is 1.24. The molecule has 0 saturated heterocycles. The first-order valence-corrected chi connectivity index (χ1v) is 5.93. The molecule has 0 atom stereocenters.